The van der Waals surface area contributed by atoms with Crippen molar-refractivity contribution in [2.24, 2.45) is 0 Å². The van der Waals surface area contributed by atoms with Gasteiger partial charge in [-0.15, -0.1) is 11.3 Å². The summed E-state index contributed by atoms with van der Waals surface area (Å²) >= 11 is 1.26. The van der Waals surface area contributed by atoms with Gasteiger partial charge in [0.2, 0.25) is 0 Å². The summed E-state index contributed by atoms with van der Waals surface area (Å²) in [5, 5.41) is 3.43. The molecule has 0 aliphatic carbocycles. The van der Waals surface area contributed by atoms with Crippen molar-refractivity contribution < 1.29 is 18.7 Å². The molecule has 1 aromatic heterocycles. The van der Waals surface area contributed by atoms with Crippen molar-refractivity contribution in [1.82, 2.24) is 10.3 Å². The molecular formula is C16H17FN2O3S. The average molecular weight is 336 g/mol. The SMILES string of the molecule is COC(=O)CCCNC(=O)c1sc(-c2ccc(F)cc2)nc1C. The van der Waals surface area contributed by atoms with Gasteiger partial charge in [0.1, 0.15) is 15.7 Å². The van der Waals surface area contributed by atoms with E-state index >= 15 is 0 Å². The van der Waals surface area contributed by atoms with Gasteiger partial charge in [-0.25, -0.2) is 9.37 Å². The first kappa shape index (κ1) is 17.1. The molecule has 122 valence electrons. The largest absolute Gasteiger partial charge is 0.469 e. The van der Waals surface area contributed by atoms with Crippen molar-refractivity contribution in [3.63, 3.8) is 0 Å². The standard InChI is InChI=1S/C16H17FN2O3S/c1-10-14(15(21)18-9-3-4-13(20)22-2)23-16(19-10)11-5-7-12(17)8-6-11/h5-8H,3-4,9H2,1-2H3,(H,18,21). The molecule has 1 amide bonds. The van der Waals surface area contributed by atoms with Gasteiger partial charge in [0.05, 0.1) is 12.8 Å². The summed E-state index contributed by atoms with van der Waals surface area (Å²) in [6.45, 7) is 2.14. The lowest BCUT2D eigenvalue weighted by molar-refractivity contribution is -0.140. The highest BCUT2D eigenvalue weighted by molar-refractivity contribution is 7.17. The van der Waals surface area contributed by atoms with Crippen LogP contribution in [0.15, 0.2) is 24.3 Å². The number of hydrogen-bond donors (Lipinski definition) is 1. The summed E-state index contributed by atoms with van der Waals surface area (Å²) in [6.07, 6.45) is 0.778. The Hall–Kier alpha value is -2.28. The number of benzene rings is 1. The van der Waals surface area contributed by atoms with Gasteiger partial charge in [0.15, 0.2) is 0 Å². The molecule has 0 radical (unpaired) electrons. The second-order valence-corrected chi connectivity index (χ2v) is 5.88. The lowest BCUT2D eigenvalue weighted by Crippen LogP contribution is -2.24. The highest BCUT2D eigenvalue weighted by Crippen LogP contribution is 2.27. The van der Waals surface area contributed by atoms with Crippen LogP contribution in [0.1, 0.15) is 28.2 Å². The molecule has 0 aliphatic heterocycles. The number of carbonyl (C=O) groups excluding carboxylic acids is 2. The molecule has 0 atom stereocenters. The normalized spacial score (nSPS) is 10.4. The first-order valence-corrected chi connectivity index (χ1v) is 7.91. The van der Waals surface area contributed by atoms with Crippen LogP contribution in [0.3, 0.4) is 0 Å². The van der Waals surface area contributed by atoms with E-state index in [2.05, 4.69) is 15.0 Å². The molecular weight excluding hydrogens is 319 g/mol. The first-order chi connectivity index (χ1) is 11.0. The Bertz CT molecular complexity index is 698. The molecule has 0 saturated carbocycles. The molecule has 1 heterocycles. The van der Waals surface area contributed by atoms with Crippen LogP contribution in [0.25, 0.3) is 10.6 Å². The van der Waals surface area contributed by atoms with Gasteiger partial charge >= 0.3 is 5.97 Å². The van der Waals surface area contributed by atoms with Crippen molar-refractivity contribution in [2.75, 3.05) is 13.7 Å². The number of rotatable bonds is 6. The van der Waals surface area contributed by atoms with Gasteiger partial charge < -0.3 is 10.1 Å². The van der Waals surface area contributed by atoms with E-state index in [9.17, 15) is 14.0 Å². The number of nitrogens with zero attached hydrogens (tertiary/aromatic N) is 1. The number of nitrogens with one attached hydrogen (secondary N) is 1. The van der Waals surface area contributed by atoms with Gasteiger partial charge in [-0.2, -0.15) is 0 Å². The number of aromatic nitrogens is 1. The van der Waals surface area contributed by atoms with E-state index in [0.717, 1.165) is 5.56 Å². The molecule has 0 bridgehead atoms. The maximum absolute atomic E-state index is 13.0. The minimum absolute atomic E-state index is 0.224. The summed E-state index contributed by atoms with van der Waals surface area (Å²) in [4.78, 5) is 28.0. The fourth-order valence-electron chi connectivity index (χ4n) is 1.94. The Balaban J connectivity index is 1.98. The van der Waals surface area contributed by atoms with Gasteiger partial charge in [0, 0.05) is 18.5 Å². The van der Waals surface area contributed by atoms with E-state index in [1.165, 1.54) is 30.6 Å². The summed E-state index contributed by atoms with van der Waals surface area (Å²) in [6, 6.07) is 5.98. The van der Waals surface area contributed by atoms with Crippen LogP contribution < -0.4 is 5.32 Å². The predicted octanol–water partition coefficient (Wildman–Crippen LogP) is 2.94. The molecule has 5 nitrogen and oxygen atoms in total. The molecule has 1 N–H and O–H groups in total. The highest BCUT2D eigenvalue weighted by atomic mass is 32.1. The number of thiazole rings is 1. The van der Waals surface area contributed by atoms with Crippen LogP contribution in [0.5, 0.6) is 0 Å². The number of carbonyl (C=O) groups is 2. The van der Waals surface area contributed by atoms with Gasteiger partial charge in [-0.3, -0.25) is 9.59 Å². The van der Waals surface area contributed by atoms with Crippen LogP contribution >= 0.6 is 11.3 Å². The monoisotopic (exact) mass is 336 g/mol. The van der Waals surface area contributed by atoms with E-state index in [-0.39, 0.29) is 24.1 Å². The van der Waals surface area contributed by atoms with Crippen LogP contribution in [-0.2, 0) is 9.53 Å². The second kappa shape index (κ2) is 7.82. The molecule has 2 aromatic rings. The lowest BCUT2D eigenvalue weighted by atomic mass is 10.2. The zero-order valence-corrected chi connectivity index (χ0v) is 13.7. The zero-order valence-electron chi connectivity index (χ0n) is 12.9. The van der Waals surface area contributed by atoms with Crippen molar-refractivity contribution in [3.8, 4) is 10.6 Å². The van der Waals surface area contributed by atoms with Crippen molar-refractivity contribution >= 4 is 23.2 Å². The summed E-state index contributed by atoms with van der Waals surface area (Å²) < 4.78 is 17.5. The van der Waals surface area contributed by atoms with E-state index in [0.29, 0.717) is 28.5 Å². The van der Waals surface area contributed by atoms with Gasteiger partial charge in [-0.1, -0.05) is 0 Å². The van der Waals surface area contributed by atoms with Crippen LogP contribution in [-0.4, -0.2) is 30.5 Å². The van der Waals surface area contributed by atoms with Crippen molar-refractivity contribution in [3.05, 3.63) is 40.7 Å². The molecule has 0 unspecified atom stereocenters. The number of esters is 1. The number of hydrogen-bond acceptors (Lipinski definition) is 5. The Morgan fingerprint density at radius 2 is 2.00 bits per heavy atom. The number of methoxy groups -OCH3 is 1. The van der Waals surface area contributed by atoms with Crippen molar-refractivity contribution in [2.45, 2.75) is 19.8 Å². The molecule has 0 saturated heterocycles. The van der Waals surface area contributed by atoms with E-state index in [1.807, 2.05) is 0 Å². The highest BCUT2D eigenvalue weighted by Gasteiger charge is 2.16. The van der Waals surface area contributed by atoms with Gasteiger partial charge in [-0.05, 0) is 37.6 Å². The topological polar surface area (TPSA) is 68.3 Å². The summed E-state index contributed by atoms with van der Waals surface area (Å²) in [7, 11) is 1.33. The molecule has 23 heavy (non-hydrogen) atoms. The van der Waals surface area contributed by atoms with E-state index < -0.39 is 0 Å². The third-order valence-corrected chi connectivity index (χ3v) is 4.37. The maximum Gasteiger partial charge on any atom is 0.305 e. The molecule has 0 spiro atoms. The number of halogens is 1. The molecule has 0 fully saturated rings. The predicted molar refractivity (Wildman–Crippen MR) is 85.8 cm³/mol. The van der Waals surface area contributed by atoms with Crippen molar-refractivity contribution in [1.29, 1.82) is 0 Å². The maximum atomic E-state index is 13.0. The Kier molecular flexibility index (Phi) is 5.81. The fourth-order valence-corrected chi connectivity index (χ4v) is 2.93. The Labute approximate surface area is 137 Å². The average Bonchev–Trinajstić information content (AvgIpc) is 2.93. The Morgan fingerprint density at radius 3 is 2.65 bits per heavy atom. The van der Waals surface area contributed by atoms with Gasteiger partial charge in [0.25, 0.3) is 5.91 Å². The number of aryl methyl sites for hydroxylation is 1. The Morgan fingerprint density at radius 1 is 1.30 bits per heavy atom. The second-order valence-electron chi connectivity index (χ2n) is 4.88. The minimum atomic E-state index is -0.314. The van der Waals surface area contributed by atoms with Crippen LogP contribution in [0, 0.1) is 12.7 Å². The van der Waals surface area contributed by atoms with Crippen LogP contribution in [0.2, 0.25) is 0 Å². The third kappa shape index (κ3) is 4.59. The number of amides is 1. The van der Waals surface area contributed by atoms with E-state index in [1.54, 1.807) is 19.1 Å². The summed E-state index contributed by atoms with van der Waals surface area (Å²) in [5.41, 5.74) is 1.39. The van der Waals surface area contributed by atoms with Crippen LogP contribution in [0.4, 0.5) is 4.39 Å². The minimum Gasteiger partial charge on any atom is -0.469 e. The fraction of sp³-hybridized carbons (Fsp3) is 0.312. The third-order valence-electron chi connectivity index (χ3n) is 3.16. The molecule has 1 aromatic carbocycles. The zero-order chi connectivity index (χ0) is 16.8. The molecule has 7 heteroatoms. The molecule has 2 rings (SSSR count). The smallest absolute Gasteiger partial charge is 0.305 e. The molecule has 0 aliphatic rings. The lowest BCUT2D eigenvalue weighted by Gasteiger charge is -2.03. The first-order valence-electron chi connectivity index (χ1n) is 7.09. The quantitative estimate of drug-likeness (QED) is 0.650. The number of ether oxygens (including phenoxy) is 1. The van der Waals surface area contributed by atoms with E-state index in [4.69, 9.17) is 0 Å². The summed E-state index contributed by atoms with van der Waals surface area (Å²) in [5.74, 6) is -0.837.